The second-order valence-electron chi connectivity index (χ2n) is 6.70. The number of benzene rings is 3. The zero-order chi connectivity index (χ0) is 22.9. The molecule has 0 spiro atoms. The molecule has 0 aliphatic carbocycles. The van der Waals surface area contributed by atoms with Crippen LogP contribution in [0.2, 0.25) is 0 Å². The normalized spacial score (nSPS) is 12.5. The maximum atomic E-state index is 14.0. The van der Waals surface area contributed by atoms with Crippen LogP contribution in [0.5, 0.6) is 11.5 Å². The van der Waals surface area contributed by atoms with E-state index in [2.05, 4.69) is 0 Å². The Morgan fingerprint density at radius 1 is 0.645 bits per heavy atom. The van der Waals surface area contributed by atoms with E-state index in [0.29, 0.717) is 0 Å². The lowest BCUT2D eigenvalue weighted by molar-refractivity contribution is -0.143. The highest BCUT2D eigenvalue weighted by atomic mass is 19.4. The van der Waals surface area contributed by atoms with Crippen LogP contribution in [0.1, 0.15) is 30.5 Å². The Kier molecular flexibility index (Phi) is 6.10. The Hall–Kier alpha value is -3.29. The summed E-state index contributed by atoms with van der Waals surface area (Å²) in [5.74, 6) is -11.5. The minimum absolute atomic E-state index is 0.217. The standard InChI is InChI=1S/C23H15F7O/c1-12(14-6-4-3-5-7-14)13(2)15-8-10-16(11-9-15)31-22-20(26)18(24)17(23(28,29)30)19(25)21(22)27/h3-11H,1-2H3. The van der Waals surface area contributed by atoms with Gasteiger partial charge in [-0.3, -0.25) is 0 Å². The number of allylic oxidation sites excluding steroid dienone is 2. The van der Waals surface area contributed by atoms with Crippen molar-refractivity contribution in [3.63, 3.8) is 0 Å². The molecule has 0 radical (unpaired) electrons. The summed E-state index contributed by atoms with van der Waals surface area (Å²) in [6.07, 6.45) is -5.61. The van der Waals surface area contributed by atoms with Gasteiger partial charge in [0.2, 0.25) is 17.4 Å². The van der Waals surface area contributed by atoms with Crippen LogP contribution in [-0.2, 0) is 6.18 Å². The summed E-state index contributed by atoms with van der Waals surface area (Å²) in [4.78, 5) is 0. The van der Waals surface area contributed by atoms with Gasteiger partial charge in [0.15, 0.2) is 11.6 Å². The van der Waals surface area contributed by atoms with Crippen molar-refractivity contribution in [1.29, 1.82) is 0 Å². The van der Waals surface area contributed by atoms with E-state index >= 15 is 0 Å². The molecule has 0 aliphatic rings. The summed E-state index contributed by atoms with van der Waals surface area (Å²) in [5.41, 5.74) is 0.932. The molecule has 0 saturated carbocycles. The summed E-state index contributed by atoms with van der Waals surface area (Å²) >= 11 is 0. The molecule has 3 aromatic rings. The molecule has 0 bridgehead atoms. The van der Waals surface area contributed by atoms with Crippen molar-refractivity contribution in [2.45, 2.75) is 20.0 Å². The van der Waals surface area contributed by atoms with E-state index in [1.165, 1.54) is 12.1 Å². The van der Waals surface area contributed by atoms with Gasteiger partial charge >= 0.3 is 6.18 Å². The molecule has 0 amide bonds. The Balaban J connectivity index is 1.94. The van der Waals surface area contributed by atoms with Crippen LogP contribution in [0.25, 0.3) is 11.1 Å². The molecular formula is C23H15F7O. The van der Waals surface area contributed by atoms with E-state index in [-0.39, 0.29) is 5.75 Å². The van der Waals surface area contributed by atoms with E-state index in [4.69, 9.17) is 4.74 Å². The zero-order valence-corrected chi connectivity index (χ0v) is 16.3. The van der Waals surface area contributed by atoms with Crippen LogP contribution < -0.4 is 4.74 Å². The van der Waals surface area contributed by atoms with Crippen molar-refractivity contribution in [3.8, 4) is 11.5 Å². The summed E-state index contributed by atoms with van der Waals surface area (Å²) in [6, 6.07) is 15.2. The first-order valence-electron chi connectivity index (χ1n) is 8.96. The summed E-state index contributed by atoms with van der Waals surface area (Å²) in [5, 5.41) is 0. The van der Waals surface area contributed by atoms with Crippen molar-refractivity contribution in [1.82, 2.24) is 0 Å². The third-order valence-corrected chi connectivity index (χ3v) is 4.78. The van der Waals surface area contributed by atoms with Gasteiger partial charge in [-0.1, -0.05) is 42.5 Å². The van der Waals surface area contributed by atoms with Crippen LogP contribution in [0.3, 0.4) is 0 Å². The predicted octanol–water partition coefficient (Wildman–Crippen LogP) is 8.00. The third-order valence-electron chi connectivity index (χ3n) is 4.78. The van der Waals surface area contributed by atoms with Gasteiger partial charge in [0.05, 0.1) is 0 Å². The predicted molar refractivity (Wildman–Crippen MR) is 102 cm³/mol. The molecule has 0 aliphatic heterocycles. The molecule has 3 rings (SSSR count). The summed E-state index contributed by atoms with van der Waals surface area (Å²) in [7, 11) is 0. The van der Waals surface area contributed by atoms with E-state index in [0.717, 1.165) is 22.3 Å². The number of hydrogen-bond donors (Lipinski definition) is 0. The topological polar surface area (TPSA) is 9.23 Å². The molecule has 1 nitrogen and oxygen atoms in total. The van der Waals surface area contributed by atoms with E-state index in [1.54, 1.807) is 12.1 Å². The Morgan fingerprint density at radius 3 is 1.55 bits per heavy atom. The van der Waals surface area contributed by atoms with Crippen LogP contribution in [0.15, 0.2) is 54.6 Å². The van der Waals surface area contributed by atoms with E-state index < -0.39 is 40.8 Å². The zero-order valence-electron chi connectivity index (χ0n) is 16.3. The summed E-state index contributed by atoms with van der Waals surface area (Å²) in [6.45, 7) is 3.77. The quantitative estimate of drug-likeness (QED) is 0.227. The van der Waals surface area contributed by atoms with E-state index in [9.17, 15) is 30.7 Å². The number of alkyl halides is 3. The SMILES string of the molecule is CC(=C(C)c1ccc(Oc2c(F)c(F)c(C(F)(F)F)c(F)c2F)cc1)c1ccccc1. The second-order valence-corrected chi connectivity index (χ2v) is 6.70. The largest absolute Gasteiger partial charge is 0.451 e. The minimum atomic E-state index is -5.61. The summed E-state index contributed by atoms with van der Waals surface area (Å²) < 4.78 is 98.3. The first-order chi connectivity index (χ1) is 14.5. The maximum Gasteiger partial charge on any atom is 0.422 e. The number of halogens is 7. The van der Waals surface area contributed by atoms with Crippen molar-refractivity contribution in [3.05, 3.63) is 94.6 Å². The molecule has 0 fully saturated rings. The molecule has 31 heavy (non-hydrogen) atoms. The van der Waals surface area contributed by atoms with Gasteiger partial charge in [-0.15, -0.1) is 0 Å². The Morgan fingerprint density at radius 2 is 1.10 bits per heavy atom. The van der Waals surface area contributed by atoms with Gasteiger partial charge in [0, 0.05) is 0 Å². The van der Waals surface area contributed by atoms with Crippen molar-refractivity contribution >= 4 is 11.1 Å². The maximum absolute atomic E-state index is 14.0. The molecule has 0 aromatic heterocycles. The van der Waals surface area contributed by atoms with Crippen molar-refractivity contribution in [2.24, 2.45) is 0 Å². The monoisotopic (exact) mass is 440 g/mol. The van der Waals surface area contributed by atoms with Gasteiger partial charge in [-0.05, 0) is 48.3 Å². The number of rotatable bonds is 4. The van der Waals surface area contributed by atoms with Gasteiger partial charge in [-0.25, -0.2) is 8.78 Å². The first kappa shape index (κ1) is 22.4. The van der Waals surface area contributed by atoms with E-state index in [1.807, 2.05) is 44.2 Å². The van der Waals surface area contributed by atoms with Gasteiger partial charge in [-0.2, -0.15) is 22.0 Å². The molecule has 0 heterocycles. The number of hydrogen-bond acceptors (Lipinski definition) is 1. The average Bonchev–Trinajstić information content (AvgIpc) is 2.74. The molecule has 162 valence electrons. The fourth-order valence-electron chi connectivity index (χ4n) is 2.96. The molecule has 0 saturated heterocycles. The highest BCUT2D eigenvalue weighted by molar-refractivity contribution is 5.88. The minimum Gasteiger partial charge on any atom is -0.451 e. The van der Waals surface area contributed by atoms with Crippen LogP contribution in [0.4, 0.5) is 30.7 Å². The molecule has 0 N–H and O–H groups in total. The first-order valence-corrected chi connectivity index (χ1v) is 8.96. The lowest BCUT2D eigenvalue weighted by atomic mass is 9.97. The molecule has 8 heteroatoms. The average molecular weight is 440 g/mol. The van der Waals surface area contributed by atoms with Crippen LogP contribution >= 0.6 is 0 Å². The smallest absolute Gasteiger partial charge is 0.422 e. The fraction of sp³-hybridized carbons (Fsp3) is 0.130. The fourth-order valence-corrected chi connectivity index (χ4v) is 2.96. The highest BCUT2D eigenvalue weighted by Crippen LogP contribution is 2.40. The van der Waals surface area contributed by atoms with Crippen LogP contribution in [-0.4, -0.2) is 0 Å². The van der Waals surface area contributed by atoms with Gasteiger partial charge < -0.3 is 4.74 Å². The van der Waals surface area contributed by atoms with Crippen LogP contribution in [0, 0.1) is 23.3 Å². The molecule has 0 unspecified atom stereocenters. The lowest BCUT2D eigenvalue weighted by Crippen LogP contribution is -2.15. The number of ether oxygens (including phenoxy) is 1. The molecule has 0 atom stereocenters. The van der Waals surface area contributed by atoms with Gasteiger partial charge in [0.25, 0.3) is 0 Å². The molecular weight excluding hydrogens is 425 g/mol. The molecule has 3 aromatic carbocycles. The van der Waals surface area contributed by atoms with Crippen molar-refractivity contribution in [2.75, 3.05) is 0 Å². The van der Waals surface area contributed by atoms with Crippen molar-refractivity contribution < 1.29 is 35.5 Å². The highest BCUT2D eigenvalue weighted by Gasteiger charge is 2.42. The lowest BCUT2D eigenvalue weighted by Gasteiger charge is -2.15. The van der Waals surface area contributed by atoms with Gasteiger partial charge in [0.1, 0.15) is 11.3 Å². The third kappa shape index (κ3) is 4.42. The second kappa shape index (κ2) is 8.45. The Labute approximate surface area is 173 Å². The Bertz CT molecular complexity index is 1100.